The summed E-state index contributed by atoms with van der Waals surface area (Å²) in [4.78, 5) is 2.38. The van der Waals surface area contributed by atoms with Gasteiger partial charge in [-0.2, -0.15) is 0 Å². The molecular weight excluding hydrogens is 110 g/mol. The van der Waals surface area contributed by atoms with E-state index in [9.17, 15) is 0 Å². The van der Waals surface area contributed by atoms with Crippen molar-refractivity contribution in [3.63, 3.8) is 0 Å². The van der Waals surface area contributed by atoms with E-state index in [1.54, 1.807) is 0 Å². The molecule has 1 rings (SSSR count). The molecule has 9 heavy (non-hydrogen) atoms. The fraction of sp³-hybridized carbons (Fsp3) is 0.750. The number of rotatable bonds is 1. The van der Waals surface area contributed by atoms with Gasteiger partial charge in [0.15, 0.2) is 0 Å². The van der Waals surface area contributed by atoms with E-state index in [4.69, 9.17) is 0 Å². The zero-order chi connectivity index (χ0) is 6.69. The van der Waals surface area contributed by atoms with Gasteiger partial charge in [0, 0.05) is 6.54 Å². The van der Waals surface area contributed by atoms with Gasteiger partial charge in [0.2, 0.25) is 0 Å². The van der Waals surface area contributed by atoms with Crippen LogP contribution >= 0.6 is 0 Å². The van der Waals surface area contributed by atoms with Crippen LogP contribution in [0.25, 0.3) is 0 Å². The Hall–Kier alpha value is -0.300. The first-order valence-electron chi connectivity index (χ1n) is 3.64. The minimum atomic E-state index is 0.833. The number of likely N-dealkylation sites (tertiary alicyclic amines) is 1. The highest BCUT2D eigenvalue weighted by atomic mass is 15.1. The van der Waals surface area contributed by atoms with Gasteiger partial charge in [-0.1, -0.05) is 12.2 Å². The minimum Gasteiger partial charge on any atom is -0.306 e. The first-order valence-corrected chi connectivity index (χ1v) is 3.64. The fourth-order valence-electron chi connectivity index (χ4n) is 1.40. The monoisotopic (exact) mass is 125 g/mol. The lowest BCUT2D eigenvalue weighted by Gasteiger charge is -2.04. The molecule has 0 aromatic heterocycles. The first kappa shape index (κ1) is 6.81. The van der Waals surface area contributed by atoms with Gasteiger partial charge in [-0.05, 0) is 32.9 Å². The largest absolute Gasteiger partial charge is 0.306 e. The van der Waals surface area contributed by atoms with E-state index in [-0.39, 0.29) is 0 Å². The van der Waals surface area contributed by atoms with E-state index in [1.165, 1.54) is 19.5 Å². The molecule has 0 radical (unpaired) electrons. The Balaban J connectivity index is 2.30. The van der Waals surface area contributed by atoms with Crippen molar-refractivity contribution in [2.75, 3.05) is 20.1 Å². The van der Waals surface area contributed by atoms with Crippen LogP contribution in [0.1, 0.15) is 13.3 Å². The van der Waals surface area contributed by atoms with Gasteiger partial charge in [0.25, 0.3) is 0 Å². The normalized spacial score (nSPS) is 30.2. The van der Waals surface area contributed by atoms with E-state index in [2.05, 4.69) is 31.0 Å². The van der Waals surface area contributed by atoms with Crippen LogP contribution in [0.4, 0.5) is 0 Å². The molecule has 0 aromatic carbocycles. The van der Waals surface area contributed by atoms with E-state index < -0.39 is 0 Å². The lowest BCUT2D eigenvalue weighted by molar-refractivity contribution is 0.408. The fourth-order valence-corrected chi connectivity index (χ4v) is 1.40. The number of hydrogen-bond donors (Lipinski definition) is 0. The third kappa shape index (κ3) is 1.83. The van der Waals surface area contributed by atoms with Gasteiger partial charge in [-0.3, -0.25) is 0 Å². The number of allylic oxidation sites excluding steroid dienone is 1. The summed E-state index contributed by atoms with van der Waals surface area (Å²) in [5, 5.41) is 0. The zero-order valence-electron chi connectivity index (χ0n) is 6.30. The van der Waals surface area contributed by atoms with Crippen molar-refractivity contribution in [3.05, 3.63) is 12.2 Å². The van der Waals surface area contributed by atoms with Crippen molar-refractivity contribution >= 4 is 0 Å². The molecule has 1 atom stereocenters. The molecule has 1 aliphatic heterocycles. The van der Waals surface area contributed by atoms with Crippen LogP contribution in [0.15, 0.2) is 12.2 Å². The Kier molecular flexibility index (Phi) is 2.29. The predicted molar refractivity (Wildman–Crippen MR) is 40.4 cm³/mol. The summed E-state index contributed by atoms with van der Waals surface area (Å²) < 4.78 is 0. The van der Waals surface area contributed by atoms with Gasteiger partial charge in [-0.15, -0.1) is 0 Å². The maximum Gasteiger partial charge on any atom is 0.00418 e. The van der Waals surface area contributed by atoms with E-state index >= 15 is 0 Å². The Morgan fingerprint density at radius 2 is 2.33 bits per heavy atom. The minimum absolute atomic E-state index is 0.833. The maximum atomic E-state index is 2.38. The molecule has 1 fully saturated rings. The van der Waals surface area contributed by atoms with Gasteiger partial charge >= 0.3 is 0 Å². The van der Waals surface area contributed by atoms with Crippen LogP contribution < -0.4 is 0 Å². The zero-order valence-corrected chi connectivity index (χ0v) is 6.30. The summed E-state index contributed by atoms with van der Waals surface area (Å²) in [6.07, 6.45) is 5.81. The number of nitrogens with zero attached hydrogens (tertiary/aromatic N) is 1. The third-order valence-electron chi connectivity index (χ3n) is 1.89. The van der Waals surface area contributed by atoms with E-state index in [0.29, 0.717) is 0 Å². The summed E-state index contributed by atoms with van der Waals surface area (Å²) in [7, 11) is 2.18. The Labute approximate surface area is 57.4 Å². The smallest absolute Gasteiger partial charge is 0.00418 e. The van der Waals surface area contributed by atoms with Gasteiger partial charge in [0.1, 0.15) is 0 Å². The molecule has 0 amide bonds. The molecule has 1 unspecified atom stereocenters. The van der Waals surface area contributed by atoms with Crippen molar-refractivity contribution < 1.29 is 0 Å². The van der Waals surface area contributed by atoms with Crippen molar-refractivity contribution in [1.82, 2.24) is 4.90 Å². The molecule has 0 N–H and O–H groups in total. The average molecular weight is 125 g/mol. The summed E-state index contributed by atoms with van der Waals surface area (Å²) in [6, 6.07) is 0. The molecular formula is C8H15N. The van der Waals surface area contributed by atoms with Crippen LogP contribution in [0.5, 0.6) is 0 Å². The molecule has 52 valence electrons. The molecule has 1 heterocycles. The van der Waals surface area contributed by atoms with Crippen LogP contribution in [0.2, 0.25) is 0 Å². The topological polar surface area (TPSA) is 3.24 Å². The molecule has 0 spiro atoms. The highest BCUT2D eigenvalue weighted by molar-refractivity contribution is 4.90. The van der Waals surface area contributed by atoms with Crippen molar-refractivity contribution in [1.29, 1.82) is 0 Å². The second-order valence-corrected chi connectivity index (χ2v) is 2.84. The Morgan fingerprint density at radius 3 is 2.78 bits per heavy atom. The first-order chi connectivity index (χ1) is 4.33. The van der Waals surface area contributed by atoms with Gasteiger partial charge in [-0.25, -0.2) is 0 Å². The lowest BCUT2D eigenvalue weighted by Crippen LogP contribution is -2.13. The third-order valence-corrected chi connectivity index (χ3v) is 1.89. The summed E-state index contributed by atoms with van der Waals surface area (Å²) >= 11 is 0. The Bertz CT molecular complexity index is 107. The molecule has 0 aromatic rings. The van der Waals surface area contributed by atoms with Crippen molar-refractivity contribution in [2.45, 2.75) is 13.3 Å². The van der Waals surface area contributed by atoms with E-state index in [1.807, 2.05) is 0 Å². The quantitative estimate of drug-likeness (QED) is 0.480. The van der Waals surface area contributed by atoms with E-state index in [0.717, 1.165) is 5.92 Å². The second kappa shape index (κ2) is 3.02. The SMILES string of the molecule is CC=CC1CCN(C)C1. The molecule has 1 nitrogen and oxygen atoms in total. The molecule has 0 aliphatic carbocycles. The van der Waals surface area contributed by atoms with Gasteiger partial charge < -0.3 is 4.90 Å². The summed E-state index contributed by atoms with van der Waals surface area (Å²) in [6.45, 7) is 4.62. The molecule has 0 saturated carbocycles. The van der Waals surface area contributed by atoms with Crippen molar-refractivity contribution in [3.8, 4) is 0 Å². The standard InChI is InChI=1S/C8H15N/c1-3-4-8-5-6-9(2)7-8/h3-4,8H,5-7H2,1-2H3. The van der Waals surface area contributed by atoms with Crippen molar-refractivity contribution in [2.24, 2.45) is 5.92 Å². The van der Waals surface area contributed by atoms with Gasteiger partial charge in [0.05, 0.1) is 0 Å². The molecule has 1 heteroatoms. The van der Waals surface area contributed by atoms with Crippen LogP contribution in [0.3, 0.4) is 0 Å². The highest BCUT2D eigenvalue weighted by Gasteiger charge is 2.15. The van der Waals surface area contributed by atoms with Crippen LogP contribution in [-0.4, -0.2) is 25.0 Å². The highest BCUT2D eigenvalue weighted by Crippen LogP contribution is 2.14. The molecule has 0 bridgehead atoms. The average Bonchev–Trinajstić information content (AvgIpc) is 2.17. The molecule has 1 saturated heterocycles. The Morgan fingerprint density at radius 1 is 1.56 bits per heavy atom. The lowest BCUT2D eigenvalue weighted by atomic mass is 10.1. The second-order valence-electron chi connectivity index (χ2n) is 2.84. The predicted octanol–water partition coefficient (Wildman–Crippen LogP) is 1.51. The summed E-state index contributed by atoms with van der Waals surface area (Å²) in [5.41, 5.74) is 0. The van der Waals surface area contributed by atoms with Crippen LogP contribution in [0, 0.1) is 5.92 Å². The van der Waals surface area contributed by atoms with Crippen LogP contribution in [-0.2, 0) is 0 Å². The summed E-state index contributed by atoms with van der Waals surface area (Å²) in [5.74, 6) is 0.833. The maximum absolute atomic E-state index is 2.38. The number of hydrogen-bond acceptors (Lipinski definition) is 1. The molecule has 1 aliphatic rings.